The van der Waals surface area contributed by atoms with Gasteiger partial charge in [0.2, 0.25) is 0 Å². The fourth-order valence-corrected chi connectivity index (χ4v) is 2.51. The third-order valence-electron chi connectivity index (χ3n) is 4.26. The summed E-state index contributed by atoms with van der Waals surface area (Å²) in [4.78, 5) is 2.47. The van der Waals surface area contributed by atoms with E-state index in [0.717, 1.165) is 13.1 Å². The van der Waals surface area contributed by atoms with Crippen LogP contribution in [0, 0.1) is 13.8 Å². The molecular weight excluding hydrogens is 244 g/mol. The van der Waals surface area contributed by atoms with Crippen LogP contribution in [-0.4, -0.2) is 31.1 Å². The van der Waals surface area contributed by atoms with Crippen molar-refractivity contribution < 1.29 is 0 Å². The number of aryl methyl sites for hydroxylation is 2. The fourth-order valence-electron chi connectivity index (χ4n) is 2.51. The number of benzene rings is 1. The average Bonchev–Trinajstić information content (AvgIpc) is 2.44. The summed E-state index contributed by atoms with van der Waals surface area (Å²) < 4.78 is 0. The smallest absolute Gasteiger partial charge is 0.0452 e. The molecule has 0 spiro atoms. The minimum Gasteiger partial charge on any atom is -0.309 e. The van der Waals surface area contributed by atoms with E-state index in [1.54, 1.807) is 0 Å². The summed E-state index contributed by atoms with van der Waals surface area (Å²) in [5, 5.41) is 3.72. The Kier molecular flexibility index (Phi) is 7.25. The Morgan fingerprint density at radius 1 is 1.20 bits per heavy atom. The van der Waals surface area contributed by atoms with Crippen LogP contribution in [0.4, 0.5) is 0 Å². The summed E-state index contributed by atoms with van der Waals surface area (Å²) in [5.41, 5.74) is 4.19. The van der Waals surface area contributed by atoms with Gasteiger partial charge in [-0.3, -0.25) is 0 Å². The highest BCUT2D eigenvalue weighted by atomic mass is 15.1. The third-order valence-corrected chi connectivity index (χ3v) is 4.26. The largest absolute Gasteiger partial charge is 0.309 e. The Morgan fingerprint density at radius 3 is 2.50 bits per heavy atom. The molecule has 0 saturated carbocycles. The summed E-state index contributed by atoms with van der Waals surface area (Å²) >= 11 is 0. The van der Waals surface area contributed by atoms with Gasteiger partial charge in [-0.2, -0.15) is 0 Å². The van der Waals surface area contributed by atoms with Gasteiger partial charge in [0.1, 0.15) is 0 Å². The van der Waals surface area contributed by atoms with Gasteiger partial charge in [-0.25, -0.2) is 0 Å². The molecule has 1 aromatic rings. The van der Waals surface area contributed by atoms with Crippen molar-refractivity contribution in [2.75, 3.05) is 20.1 Å². The van der Waals surface area contributed by atoms with Crippen molar-refractivity contribution in [1.29, 1.82) is 0 Å². The maximum absolute atomic E-state index is 3.72. The maximum atomic E-state index is 3.72. The van der Waals surface area contributed by atoms with Crippen LogP contribution in [0.2, 0.25) is 0 Å². The van der Waals surface area contributed by atoms with Gasteiger partial charge in [0, 0.05) is 18.6 Å². The van der Waals surface area contributed by atoms with Crippen LogP contribution in [0.3, 0.4) is 0 Å². The van der Waals surface area contributed by atoms with E-state index in [-0.39, 0.29) is 0 Å². The van der Waals surface area contributed by atoms with E-state index < -0.39 is 0 Å². The number of rotatable bonds is 8. The summed E-state index contributed by atoms with van der Waals surface area (Å²) in [7, 11) is 2.24. The number of hydrogen-bond acceptors (Lipinski definition) is 2. The predicted octanol–water partition coefficient (Wildman–Crippen LogP) is 4.07. The van der Waals surface area contributed by atoms with Gasteiger partial charge in [0.25, 0.3) is 0 Å². The SMILES string of the molecule is CCCNC(CN(C)C(C)CC)c1cc(C)ccc1C. The van der Waals surface area contributed by atoms with E-state index in [2.05, 4.69) is 70.1 Å². The Bertz CT molecular complexity index is 400. The second-order valence-corrected chi connectivity index (χ2v) is 6.06. The van der Waals surface area contributed by atoms with Crippen LogP contribution >= 0.6 is 0 Å². The van der Waals surface area contributed by atoms with Crippen LogP contribution in [0.1, 0.15) is 56.3 Å². The zero-order valence-electron chi connectivity index (χ0n) is 14.2. The molecule has 2 unspecified atom stereocenters. The molecule has 0 fully saturated rings. The van der Waals surface area contributed by atoms with Crippen LogP contribution < -0.4 is 5.32 Å². The zero-order chi connectivity index (χ0) is 15.1. The lowest BCUT2D eigenvalue weighted by molar-refractivity contribution is 0.224. The molecule has 114 valence electrons. The van der Waals surface area contributed by atoms with Crippen LogP contribution in [0.5, 0.6) is 0 Å². The van der Waals surface area contributed by atoms with Gasteiger partial charge in [0.15, 0.2) is 0 Å². The van der Waals surface area contributed by atoms with Gasteiger partial charge in [-0.05, 0) is 58.3 Å². The first-order valence-corrected chi connectivity index (χ1v) is 8.00. The molecule has 2 atom stereocenters. The Labute approximate surface area is 125 Å². The summed E-state index contributed by atoms with van der Waals surface area (Å²) in [6.45, 7) is 13.3. The highest BCUT2D eigenvalue weighted by molar-refractivity contribution is 5.33. The minimum atomic E-state index is 0.425. The van der Waals surface area contributed by atoms with Gasteiger partial charge in [-0.1, -0.05) is 37.6 Å². The second kappa shape index (κ2) is 8.43. The maximum Gasteiger partial charge on any atom is 0.0452 e. The first-order valence-electron chi connectivity index (χ1n) is 8.00. The number of hydrogen-bond donors (Lipinski definition) is 1. The predicted molar refractivity (Wildman–Crippen MR) is 89.3 cm³/mol. The fraction of sp³-hybridized carbons (Fsp3) is 0.667. The van der Waals surface area contributed by atoms with E-state index in [9.17, 15) is 0 Å². The summed E-state index contributed by atoms with van der Waals surface area (Å²) in [5.74, 6) is 0. The van der Waals surface area contributed by atoms with Crippen molar-refractivity contribution >= 4 is 0 Å². The first-order chi connectivity index (χ1) is 9.49. The highest BCUT2D eigenvalue weighted by Crippen LogP contribution is 2.21. The molecule has 1 N–H and O–H groups in total. The monoisotopic (exact) mass is 276 g/mol. The third kappa shape index (κ3) is 4.92. The van der Waals surface area contributed by atoms with Crippen molar-refractivity contribution in [2.45, 2.75) is 59.5 Å². The second-order valence-electron chi connectivity index (χ2n) is 6.06. The molecule has 0 aromatic heterocycles. The van der Waals surface area contributed by atoms with Crippen LogP contribution in [0.15, 0.2) is 18.2 Å². The molecule has 0 bridgehead atoms. The normalized spacial score (nSPS) is 14.6. The molecule has 0 aliphatic heterocycles. The lowest BCUT2D eigenvalue weighted by Gasteiger charge is -2.30. The van der Waals surface area contributed by atoms with E-state index in [1.165, 1.54) is 29.5 Å². The van der Waals surface area contributed by atoms with Crippen molar-refractivity contribution in [3.05, 3.63) is 34.9 Å². The first kappa shape index (κ1) is 17.2. The molecule has 1 rings (SSSR count). The topological polar surface area (TPSA) is 15.3 Å². The molecular formula is C18H32N2. The Morgan fingerprint density at radius 2 is 1.90 bits per heavy atom. The van der Waals surface area contributed by atoms with Crippen LogP contribution in [0.25, 0.3) is 0 Å². The van der Waals surface area contributed by atoms with Gasteiger partial charge < -0.3 is 10.2 Å². The minimum absolute atomic E-state index is 0.425. The van der Waals surface area contributed by atoms with Gasteiger partial charge in [-0.15, -0.1) is 0 Å². The number of likely N-dealkylation sites (N-methyl/N-ethyl adjacent to an activating group) is 1. The van der Waals surface area contributed by atoms with E-state index in [1.807, 2.05) is 0 Å². The molecule has 0 heterocycles. The van der Waals surface area contributed by atoms with Gasteiger partial charge in [0.05, 0.1) is 0 Å². The molecule has 1 aromatic carbocycles. The average molecular weight is 276 g/mol. The van der Waals surface area contributed by atoms with E-state index in [0.29, 0.717) is 12.1 Å². The molecule has 0 amide bonds. The standard InChI is InChI=1S/C18H32N2/c1-7-11-19-18(13-20(6)16(5)8-2)17-12-14(3)9-10-15(17)4/h9-10,12,16,18-19H,7-8,11,13H2,1-6H3. The Hall–Kier alpha value is -0.860. The zero-order valence-corrected chi connectivity index (χ0v) is 14.2. The van der Waals surface area contributed by atoms with Crippen molar-refractivity contribution in [3.8, 4) is 0 Å². The van der Waals surface area contributed by atoms with E-state index in [4.69, 9.17) is 0 Å². The van der Waals surface area contributed by atoms with Crippen molar-refractivity contribution in [2.24, 2.45) is 0 Å². The highest BCUT2D eigenvalue weighted by Gasteiger charge is 2.17. The van der Waals surface area contributed by atoms with E-state index >= 15 is 0 Å². The summed E-state index contributed by atoms with van der Waals surface area (Å²) in [6, 6.07) is 7.84. The van der Waals surface area contributed by atoms with Crippen molar-refractivity contribution in [3.63, 3.8) is 0 Å². The molecule has 0 radical (unpaired) electrons. The molecule has 20 heavy (non-hydrogen) atoms. The molecule has 0 aliphatic rings. The van der Waals surface area contributed by atoms with Crippen LogP contribution in [-0.2, 0) is 0 Å². The quantitative estimate of drug-likeness (QED) is 0.770. The number of nitrogens with zero attached hydrogens (tertiary/aromatic N) is 1. The lowest BCUT2D eigenvalue weighted by atomic mass is 9.98. The molecule has 2 heteroatoms. The number of nitrogens with one attached hydrogen (secondary N) is 1. The van der Waals surface area contributed by atoms with Gasteiger partial charge >= 0.3 is 0 Å². The van der Waals surface area contributed by atoms with Crippen molar-refractivity contribution in [1.82, 2.24) is 10.2 Å². The summed E-state index contributed by atoms with van der Waals surface area (Å²) in [6.07, 6.45) is 2.37. The Balaban J connectivity index is 2.90. The molecule has 0 aliphatic carbocycles. The molecule has 0 saturated heterocycles. The lowest BCUT2D eigenvalue weighted by Crippen LogP contribution is -2.38. The molecule has 2 nitrogen and oxygen atoms in total.